The third kappa shape index (κ3) is 5.76. The molecule has 0 aromatic carbocycles. The molecular weight excluding hydrogens is 288 g/mol. The molecule has 0 spiro atoms. The summed E-state index contributed by atoms with van der Waals surface area (Å²) in [6.07, 6.45) is 11.4. The van der Waals surface area contributed by atoms with Gasteiger partial charge in [-0.1, -0.05) is 12.8 Å². The van der Waals surface area contributed by atoms with Crippen LogP contribution in [0.5, 0.6) is 0 Å². The highest BCUT2D eigenvalue weighted by Gasteiger charge is 2.07. The van der Waals surface area contributed by atoms with Crippen molar-refractivity contribution in [3.63, 3.8) is 0 Å². The summed E-state index contributed by atoms with van der Waals surface area (Å²) < 4.78 is 23.7. The van der Waals surface area contributed by atoms with Gasteiger partial charge < -0.3 is 0 Å². The summed E-state index contributed by atoms with van der Waals surface area (Å²) in [5, 5.41) is 2.84. The first-order valence-corrected chi connectivity index (χ1v) is 10.4. The average Bonchev–Trinajstić information content (AvgIpc) is 2.47. The molecule has 0 radical (unpaired) electrons. The molecule has 2 aliphatic carbocycles. The fourth-order valence-corrected chi connectivity index (χ4v) is 4.18. The molecule has 0 bridgehead atoms. The van der Waals surface area contributed by atoms with E-state index in [9.17, 15) is 8.42 Å². The summed E-state index contributed by atoms with van der Waals surface area (Å²) in [6.45, 7) is 0. The summed E-state index contributed by atoms with van der Waals surface area (Å²) in [5.74, 6) is 0. The number of rotatable bonds is 3. The lowest BCUT2D eigenvalue weighted by atomic mass is 9.96. The molecule has 0 amide bonds. The summed E-state index contributed by atoms with van der Waals surface area (Å²) in [6, 6.07) is 0. The van der Waals surface area contributed by atoms with Crippen LogP contribution in [0, 0.1) is 0 Å². The molecule has 2 nitrogen and oxygen atoms in total. The van der Waals surface area contributed by atoms with Gasteiger partial charge in [0.15, 0.2) is 0 Å². The lowest BCUT2D eigenvalue weighted by Crippen LogP contribution is -1.92. The second kappa shape index (κ2) is 7.95. The molecule has 0 saturated heterocycles. The Bertz CT molecular complexity index is 541. The van der Waals surface area contributed by atoms with Gasteiger partial charge in [0.2, 0.25) is 8.87 Å². The Morgan fingerprint density at radius 3 is 1.85 bits per heavy atom. The van der Waals surface area contributed by atoms with Gasteiger partial charge in [0.25, 0.3) is 0 Å². The minimum Gasteiger partial charge on any atom is -0.212 e. The SMILES string of the molecule is O=S(=O)(C=C=C1CCCCC1)SC=C=C1CCCCC1. The van der Waals surface area contributed by atoms with Crippen LogP contribution in [0.25, 0.3) is 0 Å². The predicted octanol–water partition coefficient (Wildman–Crippen LogP) is 5.06. The summed E-state index contributed by atoms with van der Waals surface area (Å²) in [7, 11) is -2.41. The molecule has 0 aromatic heterocycles. The number of hydrogen-bond donors (Lipinski definition) is 0. The minimum atomic E-state index is -3.25. The smallest absolute Gasteiger partial charge is 0.212 e. The van der Waals surface area contributed by atoms with E-state index in [2.05, 4.69) is 11.5 Å². The molecule has 0 N–H and O–H groups in total. The van der Waals surface area contributed by atoms with Crippen LogP contribution in [0.3, 0.4) is 0 Å². The van der Waals surface area contributed by atoms with Crippen molar-refractivity contribution in [3.8, 4) is 0 Å². The first kappa shape index (κ1) is 15.7. The summed E-state index contributed by atoms with van der Waals surface area (Å²) >= 11 is 0. The summed E-state index contributed by atoms with van der Waals surface area (Å²) in [4.78, 5) is 0. The Kier molecular flexibility index (Phi) is 6.25. The molecule has 20 heavy (non-hydrogen) atoms. The van der Waals surface area contributed by atoms with Gasteiger partial charge in [-0.3, -0.25) is 0 Å². The van der Waals surface area contributed by atoms with Gasteiger partial charge >= 0.3 is 0 Å². The van der Waals surface area contributed by atoms with Gasteiger partial charge in [-0.2, -0.15) is 0 Å². The highest BCUT2D eigenvalue weighted by molar-refractivity contribution is 8.74. The third-order valence-electron chi connectivity index (χ3n) is 3.77. The van der Waals surface area contributed by atoms with Crippen molar-refractivity contribution in [2.75, 3.05) is 0 Å². The van der Waals surface area contributed by atoms with Crippen molar-refractivity contribution < 1.29 is 8.42 Å². The van der Waals surface area contributed by atoms with Crippen molar-refractivity contribution in [2.24, 2.45) is 0 Å². The van der Waals surface area contributed by atoms with E-state index in [1.165, 1.54) is 36.7 Å². The van der Waals surface area contributed by atoms with Gasteiger partial charge in [-0.15, -0.1) is 11.5 Å². The lowest BCUT2D eigenvalue weighted by Gasteiger charge is -2.10. The van der Waals surface area contributed by atoms with Crippen LogP contribution in [0.4, 0.5) is 0 Å². The van der Waals surface area contributed by atoms with Crippen molar-refractivity contribution in [1.29, 1.82) is 0 Å². The molecule has 0 aromatic rings. The minimum absolute atomic E-state index is 0.845. The molecule has 110 valence electrons. The quantitative estimate of drug-likeness (QED) is 0.540. The van der Waals surface area contributed by atoms with Crippen LogP contribution >= 0.6 is 10.8 Å². The highest BCUT2D eigenvalue weighted by atomic mass is 33.1. The van der Waals surface area contributed by atoms with E-state index < -0.39 is 8.87 Å². The van der Waals surface area contributed by atoms with Crippen molar-refractivity contribution in [3.05, 3.63) is 33.4 Å². The maximum Gasteiger partial charge on any atom is 0.235 e. The lowest BCUT2D eigenvalue weighted by molar-refractivity contribution is 0.600. The van der Waals surface area contributed by atoms with Crippen molar-refractivity contribution in [1.82, 2.24) is 0 Å². The van der Waals surface area contributed by atoms with E-state index in [4.69, 9.17) is 0 Å². The number of allylic oxidation sites excluding steroid dienone is 2. The average molecular weight is 310 g/mol. The summed E-state index contributed by atoms with van der Waals surface area (Å²) in [5.41, 5.74) is 8.52. The van der Waals surface area contributed by atoms with E-state index in [0.717, 1.165) is 54.9 Å². The molecular formula is C16H22O2S2. The zero-order valence-electron chi connectivity index (χ0n) is 11.9. The van der Waals surface area contributed by atoms with Crippen molar-refractivity contribution in [2.45, 2.75) is 64.2 Å². The topological polar surface area (TPSA) is 34.1 Å². The van der Waals surface area contributed by atoms with Crippen LogP contribution < -0.4 is 0 Å². The fourth-order valence-electron chi connectivity index (χ4n) is 2.60. The van der Waals surface area contributed by atoms with Gasteiger partial charge in [0.1, 0.15) is 0 Å². The van der Waals surface area contributed by atoms with Crippen LogP contribution in [-0.2, 0) is 8.87 Å². The molecule has 2 aliphatic rings. The second-order valence-corrected chi connectivity index (χ2v) is 9.06. The Morgan fingerprint density at radius 1 is 0.800 bits per heavy atom. The highest BCUT2D eigenvalue weighted by Crippen LogP contribution is 2.24. The second-order valence-electron chi connectivity index (χ2n) is 5.44. The molecule has 2 fully saturated rings. The Hall–Kier alpha value is -0.660. The molecule has 4 heteroatoms. The Labute approximate surface area is 126 Å². The first-order valence-electron chi connectivity index (χ1n) is 7.46. The predicted molar refractivity (Wildman–Crippen MR) is 85.9 cm³/mol. The van der Waals surface area contributed by atoms with Gasteiger partial charge in [-0.05, 0) is 62.5 Å². The van der Waals surface area contributed by atoms with E-state index in [1.54, 1.807) is 5.41 Å². The van der Waals surface area contributed by atoms with E-state index >= 15 is 0 Å². The van der Waals surface area contributed by atoms with E-state index in [-0.39, 0.29) is 0 Å². The van der Waals surface area contributed by atoms with Gasteiger partial charge in [0, 0.05) is 16.2 Å². The van der Waals surface area contributed by atoms with Crippen LogP contribution in [0.2, 0.25) is 0 Å². The Morgan fingerprint density at radius 2 is 1.30 bits per heavy atom. The van der Waals surface area contributed by atoms with Gasteiger partial charge in [0.05, 0.1) is 5.41 Å². The molecule has 2 saturated carbocycles. The third-order valence-corrected chi connectivity index (χ3v) is 6.04. The Balaban J connectivity index is 1.96. The van der Waals surface area contributed by atoms with E-state index in [0.29, 0.717) is 0 Å². The standard InChI is InChI=1S/C16H22O2S2/c17-20(18,14-12-16-9-5-2-6-10-16)19-13-11-15-7-3-1-4-8-15/h13-14H,1-10H2. The monoisotopic (exact) mass is 310 g/mol. The zero-order valence-corrected chi connectivity index (χ0v) is 13.5. The molecule has 0 unspecified atom stereocenters. The largest absolute Gasteiger partial charge is 0.235 e. The van der Waals surface area contributed by atoms with Crippen molar-refractivity contribution >= 4 is 19.7 Å². The zero-order chi connectivity index (χ0) is 14.3. The first-order chi connectivity index (χ1) is 9.66. The van der Waals surface area contributed by atoms with Crippen LogP contribution in [0.15, 0.2) is 33.4 Å². The molecule has 0 heterocycles. The van der Waals surface area contributed by atoms with Crippen LogP contribution in [0.1, 0.15) is 64.2 Å². The molecule has 2 rings (SSSR count). The maximum absolute atomic E-state index is 11.9. The maximum atomic E-state index is 11.9. The normalized spacial score (nSPS) is 20.0. The number of hydrogen-bond acceptors (Lipinski definition) is 3. The van der Waals surface area contributed by atoms with E-state index in [1.807, 2.05) is 0 Å². The van der Waals surface area contributed by atoms with Gasteiger partial charge in [-0.25, -0.2) is 8.42 Å². The molecule has 0 atom stereocenters. The van der Waals surface area contributed by atoms with Crippen LogP contribution in [-0.4, -0.2) is 8.42 Å². The molecule has 0 aliphatic heterocycles. The fraction of sp³-hybridized carbons (Fsp3) is 0.625.